The second-order valence-electron chi connectivity index (χ2n) is 3.96. The van der Waals surface area contributed by atoms with Crippen LogP contribution in [0.15, 0.2) is 36.7 Å². The summed E-state index contributed by atoms with van der Waals surface area (Å²) in [5, 5.41) is 0. The van der Waals surface area contributed by atoms with E-state index in [0.717, 1.165) is 11.4 Å². The van der Waals surface area contributed by atoms with Crippen LogP contribution >= 0.6 is 0 Å². The molecule has 2 aromatic rings. The Bertz CT molecular complexity index is 530. The summed E-state index contributed by atoms with van der Waals surface area (Å²) < 4.78 is 5.10. The van der Waals surface area contributed by atoms with Gasteiger partial charge in [-0.2, -0.15) is 0 Å². The molecule has 0 aliphatic heterocycles. The Morgan fingerprint density at radius 1 is 1.33 bits per heavy atom. The monoisotopic (exact) mass is 244 g/mol. The number of nitrogen functional groups attached to an aromatic ring is 1. The number of hydrogen-bond donors (Lipinski definition) is 1. The molecule has 0 spiro atoms. The van der Waals surface area contributed by atoms with Crippen LogP contribution in [0.5, 0.6) is 5.88 Å². The Balaban J connectivity index is 2.16. The number of anilines is 2. The SMILES string of the molecule is COc1cccc(CN(C)c2ccncc2N)n1. The van der Waals surface area contributed by atoms with Crippen molar-refractivity contribution in [2.75, 3.05) is 24.8 Å². The molecule has 0 bridgehead atoms. The number of ether oxygens (including phenoxy) is 1. The quantitative estimate of drug-likeness (QED) is 0.886. The molecule has 0 amide bonds. The highest BCUT2D eigenvalue weighted by molar-refractivity contribution is 5.65. The summed E-state index contributed by atoms with van der Waals surface area (Å²) in [6.45, 7) is 0.658. The molecule has 0 fully saturated rings. The van der Waals surface area contributed by atoms with Crippen molar-refractivity contribution < 1.29 is 4.74 Å². The van der Waals surface area contributed by atoms with E-state index in [0.29, 0.717) is 18.1 Å². The number of nitrogens with two attached hydrogens (primary N) is 1. The van der Waals surface area contributed by atoms with Gasteiger partial charge in [0.25, 0.3) is 0 Å². The minimum atomic E-state index is 0.614. The van der Waals surface area contributed by atoms with Gasteiger partial charge in [-0.1, -0.05) is 6.07 Å². The fourth-order valence-electron chi connectivity index (χ4n) is 1.73. The highest BCUT2D eigenvalue weighted by atomic mass is 16.5. The number of hydrogen-bond acceptors (Lipinski definition) is 5. The summed E-state index contributed by atoms with van der Waals surface area (Å²) in [6, 6.07) is 7.58. The van der Waals surface area contributed by atoms with E-state index >= 15 is 0 Å². The molecule has 0 atom stereocenters. The summed E-state index contributed by atoms with van der Waals surface area (Å²) in [4.78, 5) is 10.4. The maximum Gasteiger partial charge on any atom is 0.213 e. The third-order valence-corrected chi connectivity index (χ3v) is 2.63. The molecule has 18 heavy (non-hydrogen) atoms. The fourth-order valence-corrected chi connectivity index (χ4v) is 1.73. The number of rotatable bonds is 4. The van der Waals surface area contributed by atoms with Crippen LogP contribution in [0.2, 0.25) is 0 Å². The lowest BCUT2D eigenvalue weighted by molar-refractivity contribution is 0.396. The van der Waals surface area contributed by atoms with Gasteiger partial charge in [-0.3, -0.25) is 4.98 Å². The van der Waals surface area contributed by atoms with Gasteiger partial charge in [0.1, 0.15) is 0 Å². The third-order valence-electron chi connectivity index (χ3n) is 2.63. The van der Waals surface area contributed by atoms with Crippen molar-refractivity contribution >= 4 is 11.4 Å². The molecule has 2 rings (SSSR count). The van der Waals surface area contributed by atoms with E-state index in [1.807, 2.05) is 36.2 Å². The zero-order chi connectivity index (χ0) is 13.0. The van der Waals surface area contributed by atoms with E-state index in [9.17, 15) is 0 Å². The van der Waals surface area contributed by atoms with Crippen molar-refractivity contribution in [1.29, 1.82) is 0 Å². The third kappa shape index (κ3) is 2.68. The molecule has 5 heteroatoms. The molecular weight excluding hydrogens is 228 g/mol. The lowest BCUT2D eigenvalue weighted by Crippen LogP contribution is -2.18. The van der Waals surface area contributed by atoms with E-state index in [1.165, 1.54) is 0 Å². The van der Waals surface area contributed by atoms with Crippen molar-refractivity contribution in [3.05, 3.63) is 42.4 Å². The Morgan fingerprint density at radius 2 is 2.17 bits per heavy atom. The average Bonchev–Trinajstić information content (AvgIpc) is 2.39. The molecule has 0 saturated carbocycles. The Morgan fingerprint density at radius 3 is 2.89 bits per heavy atom. The first-order valence-electron chi connectivity index (χ1n) is 5.61. The van der Waals surface area contributed by atoms with Crippen molar-refractivity contribution in [3.8, 4) is 5.88 Å². The number of nitrogens with zero attached hydrogens (tertiary/aromatic N) is 3. The predicted molar refractivity (Wildman–Crippen MR) is 71.5 cm³/mol. The first-order valence-corrected chi connectivity index (χ1v) is 5.61. The van der Waals surface area contributed by atoms with Gasteiger partial charge in [0, 0.05) is 19.3 Å². The molecule has 2 aromatic heterocycles. The first-order chi connectivity index (χ1) is 8.70. The van der Waals surface area contributed by atoms with Crippen LogP contribution in [0.3, 0.4) is 0 Å². The average molecular weight is 244 g/mol. The van der Waals surface area contributed by atoms with E-state index in [2.05, 4.69) is 9.97 Å². The number of methoxy groups -OCH3 is 1. The first kappa shape index (κ1) is 12.2. The van der Waals surface area contributed by atoms with E-state index in [4.69, 9.17) is 10.5 Å². The van der Waals surface area contributed by atoms with Crippen LogP contribution in [0.25, 0.3) is 0 Å². The van der Waals surface area contributed by atoms with Gasteiger partial charge in [0.15, 0.2) is 0 Å². The fraction of sp³-hybridized carbons (Fsp3) is 0.231. The maximum absolute atomic E-state index is 5.88. The molecule has 0 aliphatic rings. The Labute approximate surface area is 106 Å². The molecular formula is C13H16N4O. The van der Waals surface area contributed by atoms with Crippen LogP contribution in [0, 0.1) is 0 Å². The lowest BCUT2D eigenvalue weighted by atomic mass is 10.3. The molecule has 0 aromatic carbocycles. The summed E-state index contributed by atoms with van der Waals surface area (Å²) >= 11 is 0. The normalized spacial score (nSPS) is 10.1. The molecule has 0 aliphatic carbocycles. The van der Waals surface area contributed by atoms with Gasteiger partial charge in [0.2, 0.25) is 5.88 Å². The smallest absolute Gasteiger partial charge is 0.213 e. The highest BCUT2D eigenvalue weighted by Crippen LogP contribution is 2.21. The van der Waals surface area contributed by atoms with Crippen molar-refractivity contribution in [1.82, 2.24) is 9.97 Å². The Hall–Kier alpha value is -2.30. The van der Waals surface area contributed by atoms with Gasteiger partial charge in [-0.15, -0.1) is 0 Å². The topological polar surface area (TPSA) is 64.3 Å². The van der Waals surface area contributed by atoms with Crippen molar-refractivity contribution in [2.24, 2.45) is 0 Å². The second kappa shape index (κ2) is 5.35. The molecule has 2 heterocycles. The van der Waals surface area contributed by atoms with Crippen molar-refractivity contribution in [3.63, 3.8) is 0 Å². The summed E-state index contributed by atoms with van der Waals surface area (Å²) in [6.07, 6.45) is 3.37. The van der Waals surface area contributed by atoms with Gasteiger partial charge < -0.3 is 15.4 Å². The van der Waals surface area contributed by atoms with Gasteiger partial charge >= 0.3 is 0 Å². The second-order valence-corrected chi connectivity index (χ2v) is 3.96. The zero-order valence-corrected chi connectivity index (χ0v) is 10.5. The van der Waals surface area contributed by atoms with Gasteiger partial charge in [0.05, 0.1) is 36.9 Å². The number of pyridine rings is 2. The predicted octanol–water partition coefficient (Wildman–Crippen LogP) is 1.70. The van der Waals surface area contributed by atoms with Crippen molar-refractivity contribution in [2.45, 2.75) is 6.54 Å². The maximum atomic E-state index is 5.88. The molecule has 0 unspecified atom stereocenters. The Kier molecular flexibility index (Phi) is 3.62. The van der Waals surface area contributed by atoms with E-state index < -0.39 is 0 Å². The van der Waals surface area contributed by atoms with Crippen LogP contribution < -0.4 is 15.4 Å². The van der Waals surface area contributed by atoms with Gasteiger partial charge in [-0.25, -0.2) is 4.98 Å². The van der Waals surface area contributed by atoms with Crippen LogP contribution in [-0.4, -0.2) is 24.1 Å². The minimum Gasteiger partial charge on any atom is -0.481 e. The van der Waals surface area contributed by atoms with E-state index in [1.54, 1.807) is 19.5 Å². The molecule has 2 N–H and O–H groups in total. The summed E-state index contributed by atoms with van der Waals surface area (Å²) in [5.74, 6) is 0.614. The molecule has 0 radical (unpaired) electrons. The molecule has 0 saturated heterocycles. The summed E-state index contributed by atoms with van der Waals surface area (Å²) in [7, 11) is 3.57. The molecule has 94 valence electrons. The molecule has 5 nitrogen and oxygen atoms in total. The standard InChI is InChI=1S/C13H16N4O/c1-17(12-6-7-15-8-11(12)14)9-10-4-3-5-13(16-10)18-2/h3-8H,9,14H2,1-2H3. The van der Waals surface area contributed by atoms with Crippen LogP contribution in [0.4, 0.5) is 11.4 Å². The lowest BCUT2D eigenvalue weighted by Gasteiger charge is -2.20. The van der Waals surface area contributed by atoms with Crippen LogP contribution in [0.1, 0.15) is 5.69 Å². The minimum absolute atomic E-state index is 0.614. The highest BCUT2D eigenvalue weighted by Gasteiger charge is 2.07. The largest absolute Gasteiger partial charge is 0.481 e. The number of aromatic nitrogens is 2. The summed E-state index contributed by atoms with van der Waals surface area (Å²) in [5.41, 5.74) is 8.40. The van der Waals surface area contributed by atoms with Gasteiger partial charge in [-0.05, 0) is 12.1 Å². The van der Waals surface area contributed by atoms with Crippen LogP contribution in [-0.2, 0) is 6.54 Å². The van der Waals surface area contributed by atoms with E-state index in [-0.39, 0.29) is 0 Å². The zero-order valence-electron chi connectivity index (χ0n) is 10.5.